The second-order valence-electron chi connectivity index (χ2n) is 4.36. The van der Waals surface area contributed by atoms with E-state index in [4.69, 9.17) is 4.55 Å². The minimum absolute atomic E-state index is 0.0976. The second kappa shape index (κ2) is 6.61. The summed E-state index contributed by atoms with van der Waals surface area (Å²) in [5.41, 5.74) is 0.195. The first-order valence-electron chi connectivity index (χ1n) is 6.23. The van der Waals surface area contributed by atoms with E-state index in [2.05, 4.69) is 4.18 Å². The minimum Gasteiger partial charge on any atom is -0.291 e. The Kier molecular flexibility index (Phi) is 4.81. The number of hydrogen-bond acceptors (Lipinski definition) is 5. The zero-order valence-corrected chi connectivity index (χ0v) is 12.1. The van der Waals surface area contributed by atoms with Gasteiger partial charge < -0.3 is 0 Å². The van der Waals surface area contributed by atoms with Gasteiger partial charge in [0.25, 0.3) is 0 Å². The summed E-state index contributed by atoms with van der Waals surface area (Å²) >= 11 is 0. The molecule has 0 amide bonds. The average molecular weight is 320 g/mol. The van der Waals surface area contributed by atoms with Crippen molar-refractivity contribution < 1.29 is 26.7 Å². The van der Waals surface area contributed by atoms with E-state index in [9.17, 15) is 18.0 Å². The Bertz CT molecular complexity index is 717. The molecule has 0 radical (unpaired) electrons. The summed E-state index contributed by atoms with van der Waals surface area (Å²) in [6.07, 6.45) is -1.97. The van der Waals surface area contributed by atoms with Gasteiger partial charge in [0.1, 0.15) is 0 Å². The van der Waals surface area contributed by atoms with E-state index in [-0.39, 0.29) is 11.1 Å². The van der Waals surface area contributed by atoms with Gasteiger partial charge in [-0.1, -0.05) is 60.7 Å². The van der Waals surface area contributed by atoms with Crippen LogP contribution in [0.5, 0.6) is 0 Å². The highest BCUT2D eigenvalue weighted by Gasteiger charge is 2.33. The van der Waals surface area contributed by atoms with Crippen molar-refractivity contribution >= 4 is 22.0 Å². The average Bonchev–Trinajstić information content (AvgIpc) is 2.52. The number of hydrogen-bond donors (Lipinski definition) is 1. The highest BCUT2D eigenvalue weighted by Crippen LogP contribution is 2.14. The first kappa shape index (κ1) is 16.0. The molecule has 0 saturated heterocycles. The largest absolute Gasteiger partial charge is 0.398 e. The van der Waals surface area contributed by atoms with E-state index in [0.717, 1.165) is 0 Å². The van der Waals surface area contributed by atoms with Crippen LogP contribution in [0.3, 0.4) is 0 Å². The lowest BCUT2D eigenvalue weighted by atomic mass is 9.99. The molecular formula is C15H12O6S. The summed E-state index contributed by atoms with van der Waals surface area (Å²) in [7, 11) is -4.97. The molecule has 1 N–H and O–H groups in total. The standard InChI is InChI=1S/C15H12O6S/c16-13(11-7-3-1-4-8-11)15(21-22(18,19)20)14(17)12-9-5-2-6-10-12/h1-10,15H,(H,18,19,20). The van der Waals surface area contributed by atoms with E-state index < -0.39 is 28.1 Å². The minimum atomic E-state index is -4.97. The number of carbonyl (C=O) groups is 2. The third kappa shape index (κ3) is 4.08. The van der Waals surface area contributed by atoms with Gasteiger partial charge in [-0.05, 0) is 0 Å². The molecule has 6 nitrogen and oxygen atoms in total. The number of carbonyl (C=O) groups excluding carboxylic acids is 2. The Balaban J connectivity index is 2.39. The third-order valence-corrected chi connectivity index (χ3v) is 3.25. The Morgan fingerprint density at radius 1 is 0.818 bits per heavy atom. The molecule has 2 aromatic carbocycles. The van der Waals surface area contributed by atoms with Crippen LogP contribution in [0.15, 0.2) is 60.7 Å². The van der Waals surface area contributed by atoms with Crippen LogP contribution in [0.25, 0.3) is 0 Å². The molecule has 114 valence electrons. The van der Waals surface area contributed by atoms with Gasteiger partial charge in [-0.2, -0.15) is 8.42 Å². The molecule has 0 heterocycles. The van der Waals surface area contributed by atoms with Crippen molar-refractivity contribution in [3.8, 4) is 0 Å². The Hall–Kier alpha value is -2.35. The summed E-state index contributed by atoms with van der Waals surface area (Å²) in [6, 6.07) is 15.2. The summed E-state index contributed by atoms with van der Waals surface area (Å²) in [5.74, 6) is -1.71. The molecule has 0 aliphatic carbocycles. The molecule has 0 aromatic heterocycles. The number of Topliss-reactive ketones (excluding diaryl/α,β-unsaturated/α-hetero) is 2. The molecule has 7 heteroatoms. The smallest absolute Gasteiger partial charge is 0.291 e. The molecule has 22 heavy (non-hydrogen) atoms. The fraction of sp³-hybridized carbons (Fsp3) is 0.0667. The SMILES string of the molecule is O=C(c1ccccc1)C(OS(=O)(=O)O)C(=O)c1ccccc1. The summed E-state index contributed by atoms with van der Waals surface area (Å²) in [4.78, 5) is 24.6. The molecule has 0 unspecified atom stereocenters. The second-order valence-corrected chi connectivity index (χ2v) is 5.41. The van der Waals surface area contributed by atoms with E-state index in [0.29, 0.717) is 0 Å². The van der Waals surface area contributed by atoms with Gasteiger partial charge in [0.05, 0.1) is 0 Å². The van der Waals surface area contributed by atoms with Crippen molar-refractivity contribution in [1.29, 1.82) is 0 Å². The number of rotatable bonds is 6. The van der Waals surface area contributed by atoms with Crippen molar-refractivity contribution in [2.24, 2.45) is 0 Å². The molecule has 0 saturated carbocycles. The van der Waals surface area contributed by atoms with E-state index in [1.165, 1.54) is 24.3 Å². The lowest BCUT2D eigenvalue weighted by Gasteiger charge is -2.13. The number of benzene rings is 2. The summed E-state index contributed by atoms with van der Waals surface area (Å²) in [6.45, 7) is 0. The molecule has 0 fully saturated rings. The normalized spacial score (nSPS) is 11.4. The van der Waals surface area contributed by atoms with Crippen molar-refractivity contribution in [3.05, 3.63) is 71.8 Å². The Morgan fingerprint density at radius 3 is 1.50 bits per heavy atom. The molecule has 0 aliphatic heterocycles. The predicted molar refractivity (Wildman–Crippen MR) is 78.0 cm³/mol. The van der Waals surface area contributed by atoms with Gasteiger partial charge in [-0.15, -0.1) is 0 Å². The fourth-order valence-corrected chi connectivity index (χ4v) is 2.25. The quantitative estimate of drug-likeness (QED) is 0.496. The molecule has 2 rings (SSSR count). The van der Waals surface area contributed by atoms with Gasteiger partial charge in [0.15, 0.2) is 0 Å². The van der Waals surface area contributed by atoms with Crippen LogP contribution in [-0.4, -0.2) is 30.6 Å². The van der Waals surface area contributed by atoms with Gasteiger partial charge in [-0.3, -0.25) is 14.1 Å². The van der Waals surface area contributed by atoms with Crippen LogP contribution >= 0.6 is 0 Å². The number of ketones is 2. The predicted octanol–water partition coefficient (Wildman–Crippen LogP) is 1.94. The lowest BCUT2D eigenvalue weighted by molar-refractivity contribution is 0.0656. The van der Waals surface area contributed by atoms with E-state index in [1.54, 1.807) is 36.4 Å². The van der Waals surface area contributed by atoms with Crippen molar-refractivity contribution in [3.63, 3.8) is 0 Å². The molecular weight excluding hydrogens is 308 g/mol. The zero-order valence-electron chi connectivity index (χ0n) is 11.2. The maximum atomic E-state index is 12.3. The van der Waals surface area contributed by atoms with Crippen molar-refractivity contribution in [1.82, 2.24) is 0 Å². The first-order chi connectivity index (χ1) is 10.4. The molecule has 0 spiro atoms. The van der Waals surface area contributed by atoms with Crippen LogP contribution in [0.2, 0.25) is 0 Å². The third-order valence-electron chi connectivity index (χ3n) is 2.81. The molecule has 0 aliphatic rings. The van der Waals surface area contributed by atoms with E-state index >= 15 is 0 Å². The Morgan fingerprint density at radius 2 is 1.18 bits per heavy atom. The van der Waals surface area contributed by atoms with Crippen LogP contribution in [0.4, 0.5) is 0 Å². The van der Waals surface area contributed by atoms with Crippen LogP contribution in [0.1, 0.15) is 20.7 Å². The molecule has 0 atom stereocenters. The lowest BCUT2D eigenvalue weighted by Crippen LogP contribution is -2.35. The van der Waals surface area contributed by atoms with Crippen molar-refractivity contribution in [2.45, 2.75) is 6.10 Å². The van der Waals surface area contributed by atoms with Gasteiger partial charge >= 0.3 is 10.4 Å². The van der Waals surface area contributed by atoms with Crippen LogP contribution < -0.4 is 0 Å². The maximum absolute atomic E-state index is 12.3. The van der Waals surface area contributed by atoms with Gasteiger partial charge in [-0.25, -0.2) is 4.18 Å². The highest BCUT2D eigenvalue weighted by atomic mass is 32.3. The maximum Gasteiger partial charge on any atom is 0.398 e. The van der Waals surface area contributed by atoms with Crippen LogP contribution in [-0.2, 0) is 14.6 Å². The fourth-order valence-electron chi connectivity index (χ4n) is 1.84. The van der Waals surface area contributed by atoms with Gasteiger partial charge in [0, 0.05) is 11.1 Å². The zero-order chi connectivity index (χ0) is 16.2. The molecule has 2 aromatic rings. The van der Waals surface area contributed by atoms with Crippen LogP contribution in [0, 0.1) is 0 Å². The topological polar surface area (TPSA) is 97.7 Å². The summed E-state index contributed by atoms with van der Waals surface area (Å²) in [5, 5.41) is 0. The van der Waals surface area contributed by atoms with Crippen molar-refractivity contribution in [2.75, 3.05) is 0 Å². The van der Waals surface area contributed by atoms with Gasteiger partial charge in [0.2, 0.25) is 17.7 Å². The molecule has 0 bridgehead atoms. The summed E-state index contributed by atoms with van der Waals surface area (Å²) < 4.78 is 35.0. The Labute approximate surface area is 127 Å². The first-order valence-corrected chi connectivity index (χ1v) is 7.59. The monoisotopic (exact) mass is 320 g/mol. The van der Waals surface area contributed by atoms with E-state index in [1.807, 2.05) is 0 Å². The highest BCUT2D eigenvalue weighted by molar-refractivity contribution is 7.81.